The number of benzene rings is 1. The van der Waals surface area contributed by atoms with Crippen molar-refractivity contribution in [1.82, 2.24) is 5.32 Å². The molecule has 1 N–H and O–H groups in total. The fraction of sp³-hybridized carbons (Fsp3) is 0.417. The molecule has 3 rings (SSSR count). The average Bonchev–Trinajstić information content (AvgIpc) is 2.95. The molecule has 0 radical (unpaired) electrons. The quantitative estimate of drug-likeness (QED) is 0.879. The summed E-state index contributed by atoms with van der Waals surface area (Å²) in [7, 11) is -3.03. The van der Waals surface area contributed by atoms with Crippen molar-refractivity contribution in [2.24, 2.45) is 0 Å². The van der Waals surface area contributed by atoms with Crippen LogP contribution in [0, 0.1) is 0 Å². The Morgan fingerprint density at radius 2 is 2.15 bits per heavy atom. The molecule has 8 heteroatoms. The first kappa shape index (κ1) is 13.5. The van der Waals surface area contributed by atoms with Crippen LogP contribution in [-0.4, -0.2) is 38.7 Å². The summed E-state index contributed by atoms with van der Waals surface area (Å²) in [6.07, 6.45) is 0.437. The normalized spacial score (nSPS) is 22.8. The molecule has 0 unspecified atom stereocenters. The Labute approximate surface area is 120 Å². The van der Waals surface area contributed by atoms with E-state index in [-0.39, 0.29) is 30.2 Å². The van der Waals surface area contributed by atoms with Gasteiger partial charge in [0, 0.05) is 11.6 Å². The highest BCUT2D eigenvalue weighted by Gasteiger charge is 2.29. The standard InChI is InChI=1S/C12H12ClNO5S/c13-9-3-7(4-10-11(9)19-6-18-10)12(15)14-8-1-2-20(16,17)5-8/h3-4,8H,1-2,5-6H2,(H,14,15)/t8-/m0/s1. The van der Waals surface area contributed by atoms with Gasteiger partial charge in [-0.1, -0.05) is 11.6 Å². The maximum Gasteiger partial charge on any atom is 0.251 e. The molecular weight excluding hydrogens is 306 g/mol. The number of nitrogens with one attached hydrogen (secondary N) is 1. The summed E-state index contributed by atoms with van der Waals surface area (Å²) in [5.74, 6) is 0.567. The highest BCUT2D eigenvalue weighted by atomic mass is 35.5. The molecule has 2 aliphatic rings. The fourth-order valence-electron chi connectivity index (χ4n) is 2.28. The topological polar surface area (TPSA) is 81.7 Å². The van der Waals surface area contributed by atoms with Gasteiger partial charge in [-0.05, 0) is 18.6 Å². The average molecular weight is 318 g/mol. The number of fused-ring (bicyclic) bond motifs is 1. The zero-order valence-corrected chi connectivity index (χ0v) is 12.0. The Balaban J connectivity index is 1.77. The predicted molar refractivity (Wildman–Crippen MR) is 72.1 cm³/mol. The van der Waals surface area contributed by atoms with Crippen molar-refractivity contribution >= 4 is 27.3 Å². The molecule has 20 heavy (non-hydrogen) atoms. The minimum atomic E-state index is -3.03. The fourth-order valence-corrected chi connectivity index (χ4v) is 4.21. The molecule has 1 saturated heterocycles. The van der Waals surface area contributed by atoms with E-state index in [4.69, 9.17) is 21.1 Å². The molecular formula is C12H12ClNO5S. The molecule has 2 heterocycles. The number of ether oxygens (including phenoxy) is 2. The Morgan fingerprint density at radius 1 is 1.35 bits per heavy atom. The zero-order chi connectivity index (χ0) is 14.3. The second kappa shape index (κ2) is 4.82. The van der Waals surface area contributed by atoms with Gasteiger partial charge < -0.3 is 14.8 Å². The van der Waals surface area contributed by atoms with Gasteiger partial charge in [0.2, 0.25) is 6.79 Å². The molecule has 1 amide bonds. The largest absolute Gasteiger partial charge is 0.454 e. The van der Waals surface area contributed by atoms with Gasteiger partial charge >= 0.3 is 0 Å². The van der Waals surface area contributed by atoms with Crippen LogP contribution in [0.1, 0.15) is 16.8 Å². The van der Waals surface area contributed by atoms with Crippen molar-refractivity contribution in [1.29, 1.82) is 0 Å². The molecule has 0 aliphatic carbocycles. The molecule has 2 aliphatic heterocycles. The van der Waals surface area contributed by atoms with E-state index in [2.05, 4.69) is 5.32 Å². The highest BCUT2D eigenvalue weighted by molar-refractivity contribution is 7.91. The van der Waals surface area contributed by atoms with Crippen LogP contribution in [0.4, 0.5) is 0 Å². The summed E-state index contributed by atoms with van der Waals surface area (Å²) < 4.78 is 33.1. The number of amides is 1. The molecule has 0 spiro atoms. The van der Waals surface area contributed by atoms with Crippen LogP contribution in [0.25, 0.3) is 0 Å². The maximum absolute atomic E-state index is 12.1. The number of hydrogen-bond donors (Lipinski definition) is 1. The van der Waals surface area contributed by atoms with Crippen LogP contribution in [0.15, 0.2) is 12.1 Å². The van der Waals surface area contributed by atoms with Gasteiger partial charge in [0.25, 0.3) is 5.91 Å². The van der Waals surface area contributed by atoms with Crippen LogP contribution < -0.4 is 14.8 Å². The molecule has 0 aromatic heterocycles. The van der Waals surface area contributed by atoms with E-state index in [1.54, 1.807) is 0 Å². The second-order valence-electron chi connectivity index (χ2n) is 4.77. The molecule has 6 nitrogen and oxygen atoms in total. The predicted octanol–water partition coefficient (Wildman–Crippen LogP) is 0.986. The lowest BCUT2D eigenvalue weighted by molar-refractivity contribution is 0.0940. The number of hydrogen-bond acceptors (Lipinski definition) is 5. The van der Waals surface area contributed by atoms with E-state index in [9.17, 15) is 13.2 Å². The van der Waals surface area contributed by atoms with Crippen LogP contribution >= 0.6 is 11.6 Å². The molecule has 1 fully saturated rings. The van der Waals surface area contributed by atoms with Crippen LogP contribution in [-0.2, 0) is 9.84 Å². The first-order valence-corrected chi connectivity index (χ1v) is 8.25. The van der Waals surface area contributed by atoms with Gasteiger partial charge in [0.1, 0.15) is 0 Å². The van der Waals surface area contributed by atoms with E-state index in [0.717, 1.165) is 0 Å². The Kier molecular flexibility index (Phi) is 3.25. The number of halogens is 1. The van der Waals surface area contributed by atoms with Crippen LogP contribution in [0.3, 0.4) is 0 Å². The lowest BCUT2D eigenvalue weighted by atomic mass is 10.1. The first-order chi connectivity index (χ1) is 9.44. The summed E-state index contributed by atoms with van der Waals surface area (Å²) in [6, 6.07) is 2.66. The Hall–Kier alpha value is -1.47. The van der Waals surface area contributed by atoms with Gasteiger partial charge in [-0.2, -0.15) is 0 Å². The minimum Gasteiger partial charge on any atom is -0.454 e. The monoisotopic (exact) mass is 317 g/mol. The SMILES string of the molecule is O=C(N[C@H]1CCS(=O)(=O)C1)c1cc(Cl)c2c(c1)OCO2. The third-order valence-corrected chi connectivity index (χ3v) is 5.31. The summed E-state index contributed by atoms with van der Waals surface area (Å²) in [5.41, 5.74) is 0.323. The highest BCUT2D eigenvalue weighted by Crippen LogP contribution is 2.39. The molecule has 1 aromatic carbocycles. The Morgan fingerprint density at radius 3 is 2.85 bits per heavy atom. The van der Waals surface area contributed by atoms with Crippen molar-refractivity contribution in [3.05, 3.63) is 22.7 Å². The van der Waals surface area contributed by atoms with Gasteiger partial charge in [-0.25, -0.2) is 8.42 Å². The summed E-state index contributed by atoms with van der Waals surface area (Å²) in [5, 5.41) is 2.99. The second-order valence-corrected chi connectivity index (χ2v) is 7.40. The van der Waals surface area contributed by atoms with E-state index >= 15 is 0 Å². The van der Waals surface area contributed by atoms with Crippen molar-refractivity contribution in [2.75, 3.05) is 18.3 Å². The van der Waals surface area contributed by atoms with E-state index in [0.29, 0.717) is 28.5 Å². The molecule has 1 aromatic rings. The third kappa shape index (κ3) is 2.55. The van der Waals surface area contributed by atoms with Gasteiger partial charge in [0.15, 0.2) is 21.3 Å². The lowest BCUT2D eigenvalue weighted by Gasteiger charge is -2.11. The van der Waals surface area contributed by atoms with Crippen molar-refractivity contribution in [2.45, 2.75) is 12.5 Å². The first-order valence-electron chi connectivity index (χ1n) is 6.05. The number of sulfone groups is 1. The molecule has 0 saturated carbocycles. The smallest absolute Gasteiger partial charge is 0.251 e. The number of carbonyl (C=O) groups is 1. The van der Waals surface area contributed by atoms with Gasteiger partial charge in [-0.3, -0.25) is 4.79 Å². The van der Waals surface area contributed by atoms with E-state index < -0.39 is 9.84 Å². The number of rotatable bonds is 2. The van der Waals surface area contributed by atoms with Gasteiger partial charge in [-0.15, -0.1) is 0 Å². The van der Waals surface area contributed by atoms with Crippen LogP contribution in [0.2, 0.25) is 5.02 Å². The number of carbonyl (C=O) groups excluding carboxylic acids is 1. The molecule has 0 bridgehead atoms. The van der Waals surface area contributed by atoms with E-state index in [1.807, 2.05) is 0 Å². The van der Waals surface area contributed by atoms with Crippen molar-refractivity contribution in [3.63, 3.8) is 0 Å². The van der Waals surface area contributed by atoms with E-state index in [1.165, 1.54) is 12.1 Å². The zero-order valence-electron chi connectivity index (χ0n) is 10.4. The third-order valence-electron chi connectivity index (χ3n) is 3.26. The van der Waals surface area contributed by atoms with Crippen molar-refractivity contribution < 1.29 is 22.7 Å². The van der Waals surface area contributed by atoms with Crippen molar-refractivity contribution in [3.8, 4) is 11.5 Å². The van der Waals surface area contributed by atoms with Gasteiger partial charge in [0.05, 0.1) is 16.5 Å². The summed E-state index contributed by atoms with van der Waals surface area (Å²) in [6.45, 7) is 0.0704. The van der Waals surface area contributed by atoms with Crippen LogP contribution in [0.5, 0.6) is 11.5 Å². The minimum absolute atomic E-state index is 0.0168. The molecule has 108 valence electrons. The Bertz CT molecular complexity index is 673. The lowest BCUT2D eigenvalue weighted by Crippen LogP contribution is -2.35. The summed E-state index contributed by atoms with van der Waals surface area (Å²) in [4.78, 5) is 12.1. The maximum atomic E-state index is 12.1. The summed E-state index contributed by atoms with van der Waals surface area (Å²) >= 11 is 6.00. The molecule has 1 atom stereocenters.